The fourth-order valence-electron chi connectivity index (χ4n) is 2.60. The third kappa shape index (κ3) is 6.08. The van der Waals surface area contributed by atoms with Crippen molar-refractivity contribution in [2.45, 2.75) is 32.1 Å². The molecule has 0 saturated carbocycles. The number of hydrogen-bond acceptors (Lipinski definition) is 4. The minimum absolute atomic E-state index is 0.235. The van der Waals surface area contributed by atoms with Crippen LogP contribution in [0.5, 0.6) is 0 Å². The van der Waals surface area contributed by atoms with Gasteiger partial charge in [0.15, 0.2) is 0 Å². The summed E-state index contributed by atoms with van der Waals surface area (Å²) in [5, 5.41) is 6.02. The number of sulfonamides is 1. The van der Waals surface area contributed by atoms with Crippen LogP contribution >= 0.6 is 0 Å². The molecule has 2 aromatic carbocycles. The summed E-state index contributed by atoms with van der Waals surface area (Å²) < 4.78 is 28.0. The molecule has 0 unspecified atom stereocenters. The molecule has 0 aromatic heterocycles. The number of benzene rings is 2. The van der Waals surface area contributed by atoms with E-state index in [4.69, 9.17) is 0 Å². The van der Waals surface area contributed by atoms with Gasteiger partial charge < -0.3 is 10.6 Å². The lowest BCUT2D eigenvalue weighted by Crippen LogP contribution is -2.32. The largest absolute Gasteiger partial charge is 0.351 e. The van der Waals surface area contributed by atoms with Crippen LogP contribution in [0.3, 0.4) is 0 Å². The van der Waals surface area contributed by atoms with Gasteiger partial charge in [-0.15, -0.1) is 0 Å². The molecule has 7 heteroatoms. The predicted molar refractivity (Wildman–Crippen MR) is 109 cm³/mol. The molecule has 146 valence electrons. The zero-order valence-electron chi connectivity index (χ0n) is 16.0. The molecule has 0 heterocycles. The number of nitrogens with one attached hydrogen (secondary N) is 3. The van der Waals surface area contributed by atoms with Gasteiger partial charge in [-0.25, -0.2) is 8.42 Å². The van der Waals surface area contributed by atoms with Crippen LogP contribution in [0.25, 0.3) is 0 Å². The second kappa shape index (κ2) is 9.53. The number of amides is 1. The lowest BCUT2D eigenvalue weighted by atomic mass is 10.2. The summed E-state index contributed by atoms with van der Waals surface area (Å²) in [4.78, 5) is 12.5. The van der Waals surface area contributed by atoms with E-state index in [2.05, 4.69) is 22.3 Å². The fourth-order valence-corrected chi connectivity index (χ4v) is 3.98. The van der Waals surface area contributed by atoms with E-state index in [1.54, 1.807) is 37.3 Å². The van der Waals surface area contributed by atoms with E-state index in [-0.39, 0.29) is 10.8 Å². The van der Waals surface area contributed by atoms with E-state index in [1.807, 2.05) is 13.0 Å². The van der Waals surface area contributed by atoms with Gasteiger partial charge in [-0.1, -0.05) is 25.1 Å². The molecule has 1 amide bonds. The highest BCUT2D eigenvalue weighted by Crippen LogP contribution is 2.21. The quantitative estimate of drug-likeness (QED) is 0.576. The lowest BCUT2D eigenvalue weighted by Gasteiger charge is -2.12. The van der Waals surface area contributed by atoms with Gasteiger partial charge in [0, 0.05) is 24.3 Å². The summed E-state index contributed by atoms with van der Waals surface area (Å²) in [6.45, 7) is 7.79. The number of rotatable bonds is 9. The first-order valence-corrected chi connectivity index (χ1v) is 10.5. The van der Waals surface area contributed by atoms with E-state index < -0.39 is 10.0 Å². The molecule has 0 saturated heterocycles. The van der Waals surface area contributed by atoms with Crippen LogP contribution in [-0.2, 0) is 10.0 Å². The molecule has 0 aliphatic rings. The van der Waals surface area contributed by atoms with Crippen LogP contribution in [0.15, 0.2) is 47.4 Å². The average molecular weight is 390 g/mol. The molecule has 0 bridgehead atoms. The second-order valence-electron chi connectivity index (χ2n) is 6.46. The van der Waals surface area contributed by atoms with Crippen LogP contribution in [0.1, 0.15) is 34.8 Å². The first-order valence-electron chi connectivity index (χ1n) is 9.02. The van der Waals surface area contributed by atoms with Gasteiger partial charge in [0.05, 0.1) is 4.90 Å². The van der Waals surface area contributed by atoms with Crippen molar-refractivity contribution in [2.24, 2.45) is 0 Å². The van der Waals surface area contributed by atoms with Gasteiger partial charge in [0.1, 0.15) is 0 Å². The minimum Gasteiger partial charge on any atom is -0.351 e. The summed E-state index contributed by atoms with van der Waals surface area (Å²) in [5.41, 5.74) is 2.30. The fraction of sp³-hybridized carbons (Fsp3) is 0.350. The summed E-state index contributed by atoms with van der Waals surface area (Å²) in [6, 6.07) is 11.8. The highest BCUT2D eigenvalue weighted by molar-refractivity contribution is 7.92. The van der Waals surface area contributed by atoms with Crippen molar-refractivity contribution in [1.29, 1.82) is 0 Å². The standard InChI is InChI=1S/C20H27N3O3S/c1-4-10-21-11-12-22-20(24)17-6-5-7-18(14-17)23-27(25,26)19-13-15(2)8-9-16(19)3/h5-9,13-14,21,23H,4,10-12H2,1-3H3,(H,22,24). The Kier molecular flexibility index (Phi) is 7.38. The number of aryl methyl sites for hydroxylation is 2. The molecular weight excluding hydrogens is 362 g/mol. The Morgan fingerprint density at radius 2 is 1.78 bits per heavy atom. The van der Waals surface area contributed by atoms with E-state index in [1.165, 1.54) is 6.07 Å². The van der Waals surface area contributed by atoms with Crippen molar-refractivity contribution >= 4 is 21.6 Å². The van der Waals surface area contributed by atoms with E-state index in [0.717, 1.165) is 18.5 Å². The number of carbonyl (C=O) groups excluding carboxylic acids is 1. The summed E-state index contributed by atoms with van der Waals surface area (Å²) in [5.74, 6) is -0.235. The van der Waals surface area contributed by atoms with Crippen LogP contribution in [0.2, 0.25) is 0 Å². The number of anilines is 1. The van der Waals surface area contributed by atoms with Gasteiger partial charge in [0.25, 0.3) is 15.9 Å². The average Bonchev–Trinajstić information content (AvgIpc) is 2.63. The van der Waals surface area contributed by atoms with E-state index >= 15 is 0 Å². The van der Waals surface area contributed by atoms with Crippen LogP contribution < -0.4 is 15.4 Å². The first-order chi connectivity index (χ1) is 12.8. The third-order valence-electron chi connectivity index (χ3n) is 4.02. The molecule has 2 aromatic rings. The van der Waals surface area contributed by atoms with Gasteiger partial charge in [-0.3, -0.25) is 9.52 Å². The van der Waals surface area contributed by atoms with Crippen LogP contribution in [-0.4, -0.2) is 34.0 Å². The molecule has 0 aliphatic carbocycles. The highest BCUT2D eigenvalue weighted by atomic mass is 32.2. The molecular formula is C20H27N3O3S. The van der Waals surface area contributed by atoms with Crippen LogP contribution in [0, 0.1) is 13.8 Å². The van der Waals surface area contributed by atoms with Crippen molar-refractivity contribution in [2.75, 3.05) is 24.4 Å². The van der Waals surface area contributed by atoms with Gasteiger partial charge in [-0.05, 0) is 62.2 Å². The molecule has 6 nitrogen and oxygen atoms in total. The topological polar surface area (TPSA) is 87.3 Å². The van der Waals surface area contributed by atoms with E-state index in [9.17, 15) is 13.2 Å². The zero-order valence-corrected chi connectivity index (χ0v) is 16.8. The van der Waals surface area contributed by atoms with Gasteiger partial charge in [0.2, 0.25) is 0 Å². The molecule has 2 rings (SSSR count). The number of hydrogen-bond donors (Lipinski definition) is 3. The smallest absolute Gasteiger partial charge is 0.262 e. The molecule has 0 spiro atoms. The maximum absolute atomic E-state index is 12.7. The van der Waals surface area contributed by atoms with Gasteiger partial charge >= 0.3 is 0 Å². The Morgan fingerprint density at radius 1 is 1.00 bits per heavy atom. The number of carbonyl (C=O) groups is 1. The van der Waals surface area contributed by atoms with Gasteiger partial charge in [-0.2, -0.15) is 0 Å². The molecule has 0 fully saturated rings. The van der Waals surface area contributed by atoms with E-state index in [0.29, 0.717) is 29.9 Å². The SMILES string of the molecule is CCCNCCNC(=O)c1cccc(NS(=O)(=O)c2cc(C)ccc2C)c1. The van der Waals surface area contributed by atoms with Crippen molar-refractivity contribution < 1.29 is 13.2 Å². The Morgan fingerprint density at radius 3 is 2.52 bits per heavy atom. The molecule has 0 atom stereocenters. The predicted octanol–water partition coefficient (Wildman–Crippen LogP) is 2.83. The second-order valence-corrected chi connectivity index (χ2v) is 8.11. The van der Waals surface area contributed by atoms with Crippen molar-refractivity contribution in [3.63, 3.8) is 0 Å². The Labute approximate surface area is 161 Å². The Bertz CT molecular complexity index is 895. The molecule has 27 heavy (non-hydrogen) atoms. The molecule has 3 N–H and O–H groups in total. The van der Waals surface area contributed by atoms with Crippen molar-refractivity contribution in [1.82, 2.24) is 10.6 Å². The van der Waals surface area contributed by atoms with Crippen molar-refractivity contribution in [3.8, 4) is 0 Å². The summed E-state index contributed by atoms with van der Waals surface area (Å²) >= 11 is 0. The lowest BCUT2D eigenvalue weighted by molar-refractivity contribution is 0.0954. The third-order valence-corrected chi connectivity index (χ3v) is 5.55. The highest BCUT2D eigenvalue weighted by Gasteiger charge is 2.17. The monoisotopic (exact) mass is 389 g/mol. The maximum Gasteiger partial charge on any atom is 0.262 e. The van der Waals surface area contributed by atoms with Crippen LogP contribution in [0.4, 0.5) is 5.69 Å². The van der Waals surface area contributed by atoms with Crippen molar-refractivity contribution in [3.05, 3.63) is 59.2 Å². The zero-order chi connectivity index (χ0) is 19.9. The normalized spacial score (nSPS) is 11.2. The first kappa shape index (κ1) is 20.9. The maximum atomic E-state index is 12.7. The molecule has 0 aliphatic heterocycles. The summed E-state index contributed by atoms with van der Waals surface area (Å²) in [6.07, 6.45) is 1.04. The minimum atomic E-state index is -3.73. The Hall–Kier alpha value is -2.38. The summed E-state index contributed by atoms with van der Waals surface area (Å²) in [7, 11) is -3.73. The Balaban J connectivity index is 2.08. The molecule has 0 radical (unpaired) electrons.